The average Bonchev–Trinajstić information content (AvgIpc) is 2.67. The van der Waals surface area contributed by atoms with E-state index in [2.05, 4.69) is 15.1 Å². The van der Waals surface area contributed by atoms with Gasteiger partial charge in [-0.25, -0.2) is 0 Å². The molecule has 6 heteroatoms. The predicted molar refractivity (Wildman–Crippen MR) is 70.3 cm³/mol. The number of nitrogens with zero attached hydrogens (tertiary/aromatic N) is 4. The number of halogens is 1. The minimum absolute atomic E-state index is 0.224. The molecule has 1 unspecified atom stereocenters. The second kappa shape index (κ2) is 5.46. The first kappa shape index (κ1) is 13.0. The Morgan fingerprint density at radius 1 is 1.44 bits per heavy atom. The summed E-state index contributed by atoms with van der Waals surface area (Å²) in [6.45, 7) is 4.70. The highest BCUT2D eigenvalue weighted by atomic mass is 35.5. The average molecular weight is 266 g/mol. The molecule has 0 aliphatic rings. The van der Waals surface area contributed by atoms with Crippen LogP contribution in [0.2, 0.25) is 5.02 Å². The van der Waals surface area contributed by atoms with Crippen molar-refractivity contribution in [2.24, 2.45) is 5.73 Å². The third-order valence-corrected chi connectivity index (χ3v) is 3.32. The monoisotopic (exact) mass is 265 g/mol. The largest absolute Gasteiger partial charge is 0.322 e. The summed E-state index contributed by atoms with van der Waals surface area (Å²) >= 11 is 6.25. The van der Waals surface area contributed by atoms with E-state index in [1.54, 1.807) is 18.6 Å². The topological polar surface area (TPSA) is 69.6 Å². The summed E-state index contributed by atoms with van der Waals surface area (Å²) in [6, 6.07) is -0.224. The van der Waals surface area contributed by atoms with Crippen molar-refractivity contribution in [3.8, 4) is 0 Å². The Bertz CT molecular complexity index is 523. The van der Waals surface area contributed by atoms with Gasteiger partial charge < -0.3 is 5.73 Å². The summed E-state index contributed by atoms with van der Waals surface area (Å²) in [5, 5.41) is 5.06. The first-order valence-electron chi connectivity index (χ1n) is 5.86. The Balaban J connectivity index is 2.24. The lowest BCUT2D eigenvalue weighted by Gasteiger charge is -2.12. The van der Waals surface area contributed by atoms with Gasteiger partial charge in [0.15, 0.2) is 0 Å². The van der Waals surface area contributed by atoms with Crippen molar-refractivity contribution >= 4 is 11.6 Å². The van der Waals surface area contributed by atoms with Crippen LogP contribution in [-0.2, 0) is 13.0 Å². The normalized spacial score (nSPS) is 12.7. The lowest BCUT2D eigenvalue weighted by molar-refractivity contribution is 0.581. The van der Waals surface area contributed by atoms with Crippen molar-refractivity contribution in [2.75, 3.05) is 0 Å². The van der Waals surface area contributed by atoms with Crippen molar-refractivity contribution < 1.29 is 0 Å². The molecule has 2 heterocycles. The second-order valence-electron chi connectivity index (χ2n) is 4.10. The van der Waals surface area contributed by atoms with Crippen LogP contribution in [0, 0.1) is 6.92 Å². The molecule has 0 spiro atoms. The molecule has 0 aliphatic heterocycles. The number of hydrogen-bond donors (Lipinski definition) is 1. The van der Waals surface area contributed by atoms with Gasteiger partial charge in [-0.1, -0.05) is 11.6 Å². The molecular weight excluding hydrogens is 250 g/mol. The fraction of sp³-hybridized carbons (Fsp3) is 0.417. The molecular formula is C12H16ClN5. The highest BCUT2D eigenvalue weighted by Gasteiger charge is 2.17. The van der Waals surface area contributed by atoms with E-state index in [9.17, 15) is 0 Å². The van der Waals surface area contributed by atoms with Crippen molar-refractivity contribution in [3.05, 3.63) is 40.7 Å². The summed E-state index contributed by atoms with van der Waals surface area (Å²) in [6.07, 6.45) is 5.55. The minimum atomic E-state index is -0.224. The van der Waals surface area contributed by atoms with Gasteiger partial charge in [-0.3, -0.25) is 14.6 Å². The quantitative estimate of drug-likeness (QED) is 0.917. The van der Waals surface area contributed by atoms with Crippen LogP contribution in [0.25, 0.3) is 0 Å². The van der Waals surface area contributed by atoms with E-state index in [1.807, 2.05) is 18.5 Å². The third-order valence-electron chi connectivity index (χ3n) is 2.83. The SMILES string of the molecule is CCn1nc(C)c(Cl)c1CC(N)c1cnccn1. The lowest BCUT2D eigenvalue weighted by Crippen LogP contribution is -2.17. The highest BCUT2D eigenvalue weighted by Crippen LogP contribution is 2.24. The fourth-order valence-corrected chi connectivity index (χ4v) is 2.09. The van der Waals surface area contributed by atoms with Crippen molar-refractivity contribution in [2.45, 2.75) is 32.9 Å². The second-order valence-corrected chi connectivity index (χ2v) is 4.48. The zero-order valence-electron chi connectivity index (χ0n) is 10.5. The standard InChI is InChI=1S/C12H16ClN5/c1-3-18-11(12(13)8(2)17-18)6-9(14)10-7-15-4-5-16-10/h4-5,7,9H,3,6,14H2,1-2H3. The van der Waals surface area contributed by atoms with Gasteiger partial charge in [-0.15, -0.1) is 0 Å². The highest BCUT2D eigenvalue weighted by molar-refractivity contribution is 6.31. The van der Waals surface area contributed by atoms with Crippen molar-refractivity contribution in [3.63, 3.8) is 0 Å². The summed E-state index contributed by atoms with van der Waals surface area (Å²) in [4.78, 5) is 8.23. The Kier molecular flexibility index (Phi) is 3.93. The molecule has 0 saturated heterocycles. The molecule has 2 aromatic heterocycles. The maximum atomic E-state index is 6.25. The molecule has 18 heavy (non-hydrogen) atoms. The van der Waals surface area contributed by atoms with Crippen LogP contribution in [0.3, 0.4) is 0 Å². The molecule has 0 bridgehead atoms. The number of nitrogens with two attached hydrogens (primary N) is 1. The molecule has 0 radical (unpaired) electrons. The number of aromatic nitrogens is 4. The zero-order chi connectivity index (χ0) is 13.1. The fourth-order valence-electron chi connectivity index (χ4n) is 1.88. The van der Waals surface area contributed by atoms with Crippen LogP contribution in [0.4, 0.5) is 0 Å². The Morgan fingerprint density at radius 3 is 2.83 bits per heavy atom. The maximum absolute atomic E-state index is 6.25. The van der Waals surface area contributed by atoms with E-state index in [0.717, 1.165) is 23.6 Å². The number of rotatable bonds is 4. The summed E-state index contributed by atoms with van der Waals surface area (Å²) in [5.41, 5.74) is 8.67. The molecule has 0 aliphatic carbocycles. The maximum Gasteiger partial charge on any atom is 0.0847 e. The Morgan fingerprint density at radius 2 is 2.22 bits per heavy atom. The van der Waals surface area contributed by atoms with Gasteiger partial charge >= 0.3 is 0 Å². The van der Waals surface area contributed by atoms with Gasteiger partial charge in [0.2, 0.25) is 0 Å². The van der Waals surface area contributed by atoms with Gasteiger partial charge in [0.25, 0.3) is 0 Å². The van der Waals surface area contributed by atoms with Crippen LogP contribution in [-0.4, -0.2) is 19.7 Å². The first-order chi connectivity index (χ1) is 8.63. The molecule has 0 aromatic carbocycles. The molecule has 0 saturated carbocycles. The van der Waals surface area contributed by atoms with Gasteiger partial charge in [0, 0.05) is 31.6 Å². The molecule has 96 valence electrons. The van der Waals surface area contributed by atoms with Crippen molar-refractivity contribution in [1.82, 2.24) is 19.7 Å². The molecule has 0 fully saturated rings. The third kappa shape index (κ3) is 2.52. The molecule has 0 amide bonds. The van der Waals surface area contributed by atoms with Crippen LogP contribution in [0.15, 0.2) is 18.6 Å². The van der Waals surface area contributed by atoms with Crippen molar-refractivity contribution in [1.29, 1.82) is 0 Å². The Labute approximate surface area is 111 Å². The van der Waals surface area contributed by atoms with Crippen LogP contribution < -0.4 is 5.73 Å². The van der Waals surface area contributed by atoms with Gasteiger partial charge in [-0.05, 0) is 13.8 Å². The smallest absolute Gasteiger partial charge is 0.0847 e. The van der Waals surface area contributed by atoms with E-state index in [4.69, 9.17) is 17.3 Å². The summed E-state index contributed by atoms with van der Waals surface area (Å²) in [5.74, 6) is 0. The minimum Gasteiger partial charge on any atom is -0.322 e. The van der Waals surface area contributed by atoms with E-state index in [-0.39, 0.29) is 6.04 Å². The molecule has 2 rings (SSSR count). The predicted octanol–water partition coefficient (Wildman–Crippen LogP) is 1.90. The van der Waals surface area contributed by atoms with E-state index in [1.165, 1.54) is 0 Å². The van der Waals surface area contributed by atoms with E-state index in [0.29, 0.717) is 11.4 Å². The van der Waals surface area contributed by atoms with Gasteiger partial charge in [-0.2, -0.15) is 5.10 Å². The van der Waals surface area contributed by atoms with Crippen LogP contribution in [0.5, 0.6) is 0 Å². The van der Waals surface area contributed by atoms with Gasteiger partial charge in [0.05, 0.1) is 28.1 Å². The lowest BCUT2D eigenvalue weighted by atomic mass is 10.1. The van der Waals surface area contributed by atoms with Crippen LogP contribution >= 0.6 is 11.6 Å². The van der Waals surface area contributed by atoms with Gasteiger partial charge in [0.1, 0.15) is 0 Å². The molecule has 5 nitrogen and oxygen atoms in total. The molecule has 1 atom stereocenters. The zero-order valence-corrected chi connectivity index (χ0v) is 11.2. The molecule has 2 aromatic rings. The summed E-state index contributed by atoms with van der Waals surface area (Å²) in [7, 11) is 0. The van der Waals surface area contributed by atoms with Crippen LogP contribution in [0.1, 0.15) is 30.0 Å². The summed E-state index contributed by atoms with van der Waals surface area (Å²) < 4.78 is 1.88. The number of aryl methyl sites for hydroxylation is 2. The number of hydrogen-bond acceptors (Lipinski definition) is 4. The first-order valence-corrected chi connectivity index (χ1v) is 6.24. The van der Waals surface area contributed by atoms with E-state index >= 15 is 0 Å². The molecule has 2 N–H and O–H groups in total. The Hall–Kier alpha value is -1.46. The van der Waals surface area contributed by atoms with E-state index < -0.39 is 0 Å².